The molecule has 0 atom stereocenters. The Bertz CT molecular complexity index is 569. The molecule has 5 nitrogen and oxygen atoms in total. The van der Waals surface area contributed by atoms with Crippen LogP contribution in [0.5, 0.6) is 0 Å². The standard InChI is InChI=1S/C19H28FN3O2/c1-3-5-11-22(10-4-2)18(24)19(25)23-14-12-21(13-15-23)17-8-6-16(20)7-9-17/h6-9H,3-5,10-15H2,1-2H3. The Hall–Kier alpha value is -2.11. The number of amides is 2. The molecule has 0 saturated carbocycles. The number of anilines is 1. The lowest BCUT2D eigenvalue weighted by Crippen LogP contribution is -2.53. The second-order valence-corrected chi connectivity index (χ2v) is 6.40. The van der Waals surface area contributed by atoms with Gasteiger partial charge in [-0.1, -0.05) is 20.3 Å². The van der Waals surface area contributed by atoms with Gasteiger partial charge in [-0.05, 0) is 37.1 Å². The van der Waals surface area contributed by atoms with Gasteiger partial charge in [0.05, 0.1) is 0 Å². The number of carbonyl (C=O) groups excluding carboxylic acids is 2. The van der Waals surface area contributed by atoms with Gasteiger partial charge in [0.2, 0.25) is 0 Å². The molecule has 1 aliphatic rings. The number of halogens is 1. The van der Waals surface area contributed by atoms with Gasteiger partial charge in [0.25, 0.3) is 0 Å². The molecule has 1 aromatic rings. The lowest BCUT2D eigenvalue weighted by Gasteiger charge is -2.36. The SMILES string of the molecule is CCCCN(CCC)C(=O)C(=O)N1CCN(c2ccc(F)cc2)CC1. The van der Waals surface area contributed by atoms with Crippen molar-refractivity contribution < 1.29 is 14.0 Å². The fourth-order valence-corrected chi connectivity index (χ4v) is 3.02. The number of rotatable bonds is 6. The third-order valence-electron chi connectivity index (χ3n) is 4.50. The molecule has 0 aliphatic carbocycles. The van der Waals surface area contributed by atoms with E-state index in [1.165, 1.54) is 12.1 Å². The average Bonchev–Trinajstić information content (AvgIpc) is 2.65. The van der Waals surface area contributed by atoms with E-state index in [9.17, 15) is 14.0 Å². The molecule has 0 unspecified atom stereocenters. The molecule has 0 radical (unpaired) electrons. The number of unbranched alkanes of at least 4 members (excludes halogenated alkanes) is 1. The summed E-state index contributed by atoms with van der Waals surface area (Å²) >= 11 is 0. The maximum absolute atomic E-state index is 13.0. The van der Waals surface area contributed by atoms with Crippen molar-refractivity contribution in [1.82, 2.24) is 9.80 Å². The lowest BCUT2D eigenvalue weighted by molar-refractivity contribution is -0.152. The first kappa shape index (κ1) is 19.2. The Kier molecular flexibility index (Phi) is 7.22. The van der Waals surface area contributed by atoms with Crippen molar-refractivity contribution in [3.8, 4) is 0 Å². The molecule has 25 heavy (non-hydrogen) atoms. The van der Waals surface area contributed by atoms with E-state index in [0.717, 1.165) is 24.9 Å². The van der Waals surface area contributed by atoms with Gasteiger partial charge in [0.15, 0.2) is 0 Å². The third kappa shape index (κ3) is 5.18. The molecule has 0 spiro atoms. The average molecular weight is 349 g/mol. The number of hydrogen-bond acceptors (Lipinski definition) is 3. The molecule has 2 amide bonds. The van der Waals surface area contributed by atoms with Gasteiger partial charge in [-0.2, -0.15) is 0 Å². The zero-order valence-electron chi connectivity index (χ0n) is 15.2. The van der Waals surface area contributed by atoms with Crippen LogP contribution in [0.25, 0.3) is 0 Å². The molecule has 6 heteroatoms. The topological polar surface area (TPSA) is 43.9 Å². The normalized spacial score (nSPS) is 14.5. The highest BCUT2D eigenvalue weighted by Crippen LogP contribution is 2.17. The first-order valence-electron chi connectivity index (χ1n) is 9.15. The highest BCUT2D eigenvalue weighted by Gasteiger charge is 2.29. The molecular formula is C19H28FN3O2. The van der Waals surface area contributed by atoms with Crippen LogP contribution in [0.3, 0.4) is 0 Å². The van der Waals surface area contributed by atoms with Crippen LogP contribution in [0.1, 0.15) is 33.1 Å². The van der Waals surface area contributed by atoms with E-state index in [1.807, 2.05) is 6.92 Å². The maximum atomic E-state index is 13.0. The summed E-state index contributed by atoms with van der Waals surface area (Å²) in [6.45, 7) is 7.67. The van der Waals surface area contributed by atoms with Gasteiger partial charge in [-0.25, -0.2) is 4.39 Å². The second kappa shape index (κ2) is 9.39. The van der Waals surface area contributed by atoms with Crippen molar-refractivity contribution in [2.24, 2.45) is 0 Å². The van der Waals surface area contributed by atoms with Gasteiger partial charge < -0.3 is 14.7 Å². The summed E-state index contributed by atoms with van der Waals surface area (Å²) in [5.41, 5.74) is 0.940. The Morgan fingerprint density at radius 3 is 2.20 bits per heavy atom. The molecular weight excluding hydrogens is 321 g/mol. The van der Waals surface area contributed by atoms with Crippen LogP contribution in [-0.4, -0.2) is 60.9 Å². The predicted molar refractivity (Wildman–Crippen MR) is 97.0 cm³/mol. The molecule has 138 valence electrons. The summed E-state index contributed by atoms with van der Waals surface area (Å²) in [5.74, 6) is -1.04. The Morgan fingerprint density at radius 2 is 1.64 bits per heavy atom. The van der Waals surface area contributed by atoms with Gasteiger partial charge in [0.1, 0.15) is 5.82 Å². The first-order valence-corrected chi connectivity index (χ1v) is 9.15. The van der Waals surface area contributed by atoms with Crippen LogP contribution in [0.2, 0.25) is 0 Å². The van der Waals surface area contributed by atoms with Crippen LogP contribution < -0.4 is 4.90 Å². The summed E-state index contributed by atoms with van der Waals surface area (Å²) in [6, 6.07) is 6.36. The summed E-state index contributed by atoms with van der Waals surface area (Å²) < 4.78 is 13.0. The summed E-state index contributed by atoms with van der Waals surface area (Å²) in [6.07, 6.45) is 2.76. The number of nitrogens with zero attached hydrogens (tertiary/aromatic N) is 3. The van der Waals surface area contributed by atoms with Crippen LogP contribution in [-0.2, 0) is 9.59 Å². The first-order chi connectivity index (χ1) is 12.1. The molecule has 0 bridgehead atoms. The van der Waals surface area contributed by atoms with E-state index >= 15 is 0 Å². The summed E-state index contributed by atoms with van der Waals surface area (Å²) in [7, 11) is 0. The Morgan fingerprint density at radius 1 is 1.00 bits per heavy atom. The zero-order valence-corrected chi connectivity index (χ0v) is 15.2. The molecule has 0 aromatic heterocycles. The minimum Gasteiger partial charge on any atom is -0.368 e. The van der Waals surface area contributed by atoms with E-state index in [4.69, 9.17) is 0 Å². The molecule has 1 aliphatic heterocycles. The van der Waals surface area contributed by atoms with Crippen LogP contribution in [0.4, 0.5) is 10.1 Å². The van der Waals surface area contributed by atoms with Crippen molar-refractivity contribution in [2.75, 3.05) is 44.2 Å². The van der Waals surface area contributed by atoms with E-state index in [0.29, 0.717) is 39.3 Å². The Labute approximate surface area is 149 Å². The molecule has 2 rings (SSSR count). The number of benzene rings is 1. The highest BCUT2D eigenvalue weighted by atomic mass is 19.1. The third-order valence-corrected chi connectivity index (χ3v) is 4.50. The smallest absolute Gasteiger partial charge is 0.312 e. The van der Waals surface area contributed by atoms with Crippen molar-refractivity contribution in [3.63, 3.8) is 0 Å². The number of carbonyl (C=O) groups is 2. The van der Waals surface area contributed by atoms with Crippen LogP contribution in [0.15, 0.2) is 24.3 Å². The molecule has 0 N–H and O–H groups in total. The maximum Gasteiger partial charge on any atom is 0.312 e. The van der Waals surface area contributed by atoms with Crippen LogP contribution >= 0.6 is 0 Å². The minimum atomic E-state index is -0.400. The lowest BCUT2D eigenvalue weighted by atomic mass is 10.2. The zero-order chi connectivity index (χ0) is 18.2. The second-order valence-electron chi connectivity index (χ2n) is 6.40. The monoisotopic (exact) mass is 349 g/mol. The summed E-state index contributed by atoms with van der Waals surface area (Å²) in [4.78, 5) is 30.5. The fraction of sp³-hybridized carbons (Fsp3) is 0.579. The van der Waals surface area contributed by atoms with E-state index < -0.39 is 5.91 Å². The van der Waals surface area contributed by atoms with E-state index in [2.05, 4.69) is 11.8 Å². The quantitative estimate of drug-likeness (QED) is 0.741. The molecule has 1 saturated heterocycles. The van der Waals surface area contributed by atoms with Gasteiger partial charge in [0, 0.05) is 45.0 Å². The van der Waals surface area contributed by atoms with Gasteiger partial charge in [-0.3, -0.25) is 9.59 Å². The summed E-state index contributed by atoms with van der Waals surface area (Å²) in [5, 5.41) is 0. The highest BCUT2D eigenvalue weighted by molar-refractivity contribution is 6.34. The van der Waals surface area contributed by atoms with Crippen molar-refractivity contribution in [3.05, 3.63) is 30.1 Å². The van der Waals surface area contributed by atoms with Crippen molar-refractivity contribution in [1.29, 1.82) is 0 Å². The fourth-order valence-electron chi connectivity index (χ4n) is 3.02. The predicted octanol–water partition coefficient (Wildman–Crippen LogP) is 2.51. The number of piperazine rings is 1. The van der Waals surface area contributed by atoms with Gasteiger partial charge in [-0.15, -0.1) is 0 Å². The van der Waals surface area contributed by atoms with Gasteiger partial charge >= 0.3 is 11.8 Å². The molecule has 1 aromatic carbocycles. The van der Waals surface area contributed by atoms with Crippen molar-refractivity contribution in [2.45, 2.75) is 33.1 Å². The minimum absolute atomic E-state index is 0.258. The van der Waals surface area contributed by atoms with E-state index in [1.54, 1.807) is 21.9 Å². The molecule has 1 fully saturated rings. The van der Waals surface area contributed by atoms with Crippen molar-refractivity contribution >= 4 is 17.5 Å². The largest absolute Gasteiger partial charge is 0.368 e. The van der Waals surface area contributed by atoms with E-state index in [-0.39, 0.29) is 11.7 Å². The number of hydrogen-bond donors (Lipinski definition) is 0. The van der Waals surface area contributed by atoms with Crippen LogP contribution in [0, 0.1) is 5.82 Å². The molecule has 1 heterocycles. The Balaban J connectivity index is 1.90.